The van der Waals surface area contributed by atoms with Gasteiger partial charge in [-0.1, -0.05) is 23.7 Å². The van der Waals surface area contributed by atoms with Crippen molar-refractivity contribution in [2.75, 3.05) is 12.5 Å². The summed E-state index contributed by atoms with van der Waals surface area (Å²) in [6.07, 6.45) is 1.73. The van der Waals surface area contributed by atoms with Crippen LogP contribution >= 0.6 is 38.9 Å². The van der Waals surface area contributed by atoms with Crippen LogP contribution in [-0.2, 0) is 0 Å². The fourth-order valence-corrected chi connectivity index (χ4v) is 3.36. The van der Waals surface area contributed by atoms with Crippen molar-refractivity contribution >= 4 is 50.2 Å². The van der Waals surface area contributed by atoms with E-state index >= 15 is 0 Å². The van der Waals surface area contributed by atoms with Gasteiger partial charge in [-0.05, 0) is 51.8 Å². The maximum Gasteiger partial charge on any atom is 0.203 e. The Morgan fingerprint density at radius 3 is 2.75 bits per heavy atom. The Morgan fingerprint density at radius 1 is 1.25 bits per heavy atom. The molecule has 0 amide bonds. The number of aromatic nitrogens is 1. The van der Waals surface area contributed by atoms with Crippen LogP contribution in [0.3, 0.4) is 0 Å². The van der Waals surface area contributed by atoms with Crippen LogP contribution in [0.15, 0.2) is 57.4 Å². The van der Waals surface area contributed by atoms with E-state index in [9.17, 15) is 0 Å². The molecule has 7 heteroatoms. The number of hydrogen-bond donors (Lipinski definition) is 1. The first-order valence-electron chi connectivity index (χ1n) is 7.00. The van der Waals surface area contributed by atoms with Gasteiger partial charge < -0.3 is 4.74 Å². The lowest BCUT2D eigenvalue weighted by Gasteiger charge is -2.03. The lowest BCUT2D eigenvalue weighted by molar-refractivity contribution is 0.412. The quantitative estimate of drug-likeness (QED) is 0.425. The van der Waals surface area contributed by atoms with Crippen LogP contribution in [-0.4, -0.2) is 18.3 Å². The van der Waals surface area contributed by atoms with Crippen molar-refractivity contribution in [2.45, 2.75) is 0 Å². The first kappa shape index (κ1) is 17.0. The fraction of sp³-hybridized carbons (Fsp3) is 0.0588. The molecule has 1 N–H and O–H groups in total. The molecule has 0 fully saturated rings. The van der Waals surface area contributed by atoms with E-state index in [4.69, 9.17) is 16.3 Å². The molecule has 0 radical (unpaired) electrons. The number of benzene rings is 2. The topological polar surface area (TPSA) is 46.5 Å². The average Bonchev–Trinajstić information content (AvgIpc) is 3.04. The van der Waals surface area contributed by atoms with Gasteiger partial charge in [0.05, 0.1) is 23.5 Å². The lowest BCUT2D eigenvalue weighted by atomic mass is 10.2. The molecule has 0 unspecified atom stereocenters. The second-order valence-electron chi connectivity index (χ2n) is 4.81. The van der Waals surface area contributed by atoms with Gasteiger partial charge in [0.25, 0.3) is 0 Å². The minimum absolute atomic E-state index is 0.711. The molecule has 122 valence electrons. The molecule has 3 rings (SSSR count). The van der Waals surface area contributed by atoms with Crippen LogP contribution < -0.4 is 10.2 Å². The molecule has 4 nitrogen and oxygen atoms in total. The van der Waals surface area contributed by atoms with Gasteiger partial charge in [0.2, 0.25) is 5.13 Å². The molecular formula is C17H13BrClN3OS. The van der Waals surface area contributed by atoms with Crippen molar-refractivity contribution in [3.8, 4) is 17.0 Å². The monoisotopic (exact) mass is 421 g/mol. The Kier molecular flexibility index (Phi) is 5.50. The number of hydrazone groups is 1. The number of nitrogens with one attached hydrogen (secondary N) is 1. The molecule has 0 saturated heterocycles. The van der Waals surface area contributed by atoms with Crippen LogP contribution in [0.1, 0.15) is 5.56 Å². The van der Waals surface area contributed by atoms with E-state index in [-0.39, 0.29) is 0 Å². The van der Waals surface area contributed by atoms with Gasteiger partial charge in [0.1, 0.15) is 5.75 Å². The van der Waals surface area contributed by atoms with Crippen molar-refractivity contribution in [2.24, 2.45) is 5.10 Å². The predicted octanol–water partition coefficient (Wildman–Crippen LogP) is 5.68. The summed E-state index contributed by atoms with van der Waals surface area (Å²) in [6.45, 7) is 0. The number of methoxy groups -OCH3 is 1. The highest BCUT2D eigenvalue weighted by Gasteiger charge is 2.04. The molecular weight excluding hydrogens is 410 g/mol. The molecule has 1 aromatic heterocycles. The predicted molar refractivity (Wildman–Crippen MR) is 104 cm³/mol. The number of halogens is 2. The van der Waals surface area contributed by atoms with Crippen molar-refractivity contribution in [1.29, 1.82) is 0 Å². The van der Waals surface area contributed by atoms with Gasteiger partial charge in [-0.2, -0.15) is 5.10 Å². The molecule has 0 saturated carbocycles. The fourth-order valence-electron chi connectivity index (χ4n) is 2.00. The van der Waals surface area contributed by atoms with E-state index in [0.717, 1.165) is 32.2 Å². The smallest absolute Gasteiger partial charge is 0.203 e. The number of ether oxygens (including phenoxy) is 1. The zero-order valence-electron chi connectivity index (χ0n) is 12.7. The summed E-state index contributed by atoms with van der Waals surface area (Å²) in [5, 5.41) is 7.63. The number of rotatable bonds is 5. The maximum atomic E-state index is 5.90. The Morgan fingerprint density at radius 2 is 2.04 bits per heavy atom. The van der Waals surface area contributed by atoms with Gasteiger partial charge >= 0.3 is 0 Å². The summed E-state index contributed by atoms with van der Waals surface area (Å²) in [4.78, 5) is 4.51. The molecule has 0 aliphatic heterocycles. The van der Waals surface area contributed by atoms with Crippen molar-refractivity contribution in [3.05, 3.63) is 62.9 Å². The lowest BCUT2D eigenvalue weighted by Crippen LogP contribution is -1.91. The molecule has 24 heavy (non-hydrogen) atoms. The summed E-state index contributed by atoms with van der Waals surface area (Å²) < 4.78 is 6.08. The zero-order chi connectivity index (χ0) is 16.9. The summed E-state index contributed by atoms with van der Waals surface area (Å²) in [5.74, 6) is 0.785. The molecule has 2 aromatic carbocycles. The molecule has 0 aliphatic carbocycles. The van der Waals surface area contributed by atoms with Gasteiger partial charge in [0, 0.05) is 16.0 Å². The Labute approximate surface area is 157 Å². The highest BCUT2D eigenvalue weighted by atomic mass is 79.9. The van der Waals surface area contributed by atoms with Gasteiger partial charge in [0.15, 0.2) is 0 Å². The third kappa shape index (κ3) is 4.14. The van der Waals surface area contributed by atoms with Crippen LogP contribution in [0, 0.1) is 0 Å². The van der Waals surface area contributed by atoms with Crippen molar-refractivity contribution in [1.82, 2.24) is 4.98 Å². The molecule has 0 atom stereocenters. The number of nitrogens with zero attached hydrogens (tertiary/aromatic N) is 2. The van der Waals surface area contributed by atoms with Crippen LogP contribution in [0.2, 0.25) is 5.02 Å². The largest absolute Gasteiger partial charge is 0.496 e. The molecule has 0 aliphatic rings. The average molecular weight is 423 g/mol. The van der Waals surface area contributed by atoms with Crippen LogP contribution in [0.25, 0.3) is 11.3 Å². The number of thiazole rings is 1. The summed E-state index contributed by atoms with van der Waals surface area (Å²) in [6, 6.07) is 13.3. The Balaban J connectivity index is 1.67. The van der Waals surface area contributed by atoms with E-state index < -0.39 is 0 Å². The standard InChI is InChI=1S/C17H13BrClN3OS/c1-23-16-7-2-11(8-14(16)18)9-20-22-17-21-15(10-24-17)12-3-5-13(19)6-4-12/h2-10H,1H3,(H,21,22). The van der Waals surface area contributed by atoms with Crippen LogP contribution in [0.4, 0.5) is 5.13 Å². The zero-order valence-corrected chi connectivity index (χ0v) is 15.8. The minimum Gasteiger partial charge on any atom is -0.496 e. The number of hydrogen-bond acceptors (Lipinski definition) is 5. The number of anilines is 1. The van der Waals surface area contributed by atoms with E-state index in [1.54, 1.807) is 13.3 Å². The van der Waals surface area contributed by atoms with Gasteiger partial charge in [-0.25, -0.2) is 4.98 Å². The molecule has 0 spiro atoms. The van der Waals surface area contributed by atoms with Gasteiger partial charge in [-0.3, -0.25) is 5.43 Å². The Hall–Kier alpha value is -1.89. The highest BCUT2D eigenvalue weighted by Crippen LogP contribution is 2.26. The maximum absolute atomic E-state index is 5.90. The SMILES string of the molecule is COc1ccc(C=NNc2nc(-c3ccc(Cl)cc3)cs2)cc1Br. The van der Waals surface area contributed by atoms with E-state index in [1.165, 1.54) is 11.3 Å². The van der Waals surface area contributed by atoms with E-state index in [2.05, 4.69) is 31.4 Å². The van der Waals surface area contributed by atoms with E-state index in [0.29, 0.717) is 5.02 Å². The minimum atomic E-state index is 0.711. The highest BCUT2D eigenvalue weighted by molar-refractivity contribution is 9.10. The summed E-state index contributed by atoms with van der Waals surface area (Å²) in [7, 11) is 1.64. The molecule has 0 bridgehead atoms. The third-order valence-corrected chi connectivity index (χ3v) is 4.81. The summed E-state index contributed by atoms with van der Waals surface area (Å²) in [5.41, 5.74) is 5.81. The van der Waals surface area contributed by atoms with E-state index in [1.807, 2.05) is 47.8 Å². The molecule has 1 heterocycles. The third-order valence-electron chi connectivity index (χ3n) is 3.19. The van der Waals surface area contributed by atoms with Crippen molar-refractivity contribution in [3.63, 3.8) is 0 Å². The van der Waals surface area contributed by atoms with Crippen LogP contribution in [0.5, 0.6) is 5.75 Å². The second-order valence-corrected chi connectivity index (χ2v) is 6.96. The Bertz CT molecular complexity index is 865. The first-order chi connectivity index (χ1) is 11.7. The first-order valence-corrected chi connectivity index (χ1v) is 9.05. The normalized spacial score (nSPS) is 11.0. The molecule has 3 aromatic rings. The van der Waals surface area contributed by atoms with Gasteiger partial charge in [-0.15, -0.1) is 11.3 Å². The summed E-state index contributed by atoms with van der Waals surface area (Å²) >= 11 is 10.8. The van der Waals surface area contributed by atoms with Crippen molar-refractivity contribution < 1.29 is 4.74 Å². The second kappa shape index (κ2) is 7.79.